The number of benzene rings is 1. The van der Waals surface area contributed by atoms with Gasteiger partial charge in [0, 0.05) is 32.2 Å². The zero-order valence-corrected chi connectivity index (χ0v) is 12.6. The fourth-order valence-electron chi connectivity index (χ4n) is 4.04. The Morgan fingerprint density at radius 1 is 1.05 bits per heavy atom. The number of nitrogens with zero attached hydrogens (tertiary/aromatic N) is 2. The van der Waals surface area contributed by atoms with Gasteiger partial charge >= 0.3 is 0 Å². The predicted molar refractivity (Wildman–Crippen MR) is 81.5 cm³/mol. The van der Waals surface area contributed by atoms with Crippen molar-refractivity contribution in [3.8, 4) is 0 Å². The first-order chi connectivity index (χ1) is 9.63. The molecule has 0 radical (unpaired) electrons. The van der Waals surface area contributed by atoms with E-state index in [1.807, 2.05) is 30.3 Å². The number of hydrogen-bond acceptors (Lipinski definition) is 3. The van der Waals surface area contributed by atoms with Gasteiger partial charge in [0.2, 0.25) is 0 Å². The molecule has 110 valence electrons. The van der Waals surface area contributed by atoms with Gasteiger partial charge in [0.05, 0.1) is 6.10 Å². The lowest BCUT2D eigenvalue weighted by atomic mass is 9.83. The molecular weight excluding hydrogens is 248 g/mol. The molecule has 0 spiro atoms. The Bertz CT molecular complexity index is 418. The molecule has 2 saturated heterocycles. The lowest BCUT2D eigenvalue weighted by Crippen LogP contribution is -2.54. The average Bonchev–Trinajstić information content (AvgIpc) is 2.45. The summed E-state index contributed by atoms with van der Waals surface area (Å²) >= 11 is 0. The summed E-state index contributed by atoms with van der Waals surface area (Å²) in [5.41, 5.74) is 1.04. The third kappa shape index (κ3) is 2.90. The molecule has 2 aliphatic heterocycles. The number of likely N-dealkylation sites (tertiary alicyclic amines) is 2. The highest BCUT2D eigenvalue weighted by Crippen LogP contribution is 2.31. The van der Waals surface area contributed by atoms with E-state index in [-0.39, 0.29) is 12.1 Å². The van der Waals surface area contributed by atoms with Crippen LogP contribution in [0, 0.1) is 11.8 Å². The Hall–Kier alpha value is -0.900. The molecule has 4 atom stereocenters. The molecule has 2 bridgehead atoms. The molecule has 20 heavy (non-hydrogen) atoms. The molecule has 2 aliphatic rings. The van der Waals surface area contributed by atoms with Crippen LogP contribution in [-0.2, 0) is 0 Å². The number of aliphatic hydroxyl groups is 1. The van der Waals surface area contributed by atoms with Crippen molar-refractivity contribution in [1.29, 1.82) is 0 Å². The minimum absolute atomic E-state index is 0.200. The topological polar surface area (TPSA) is 26.7 Å². The van der Waals surface area contributed by atoms with Crippen molar-refractivity contribution in [1.82, 2.24) is 9.80 Å². The van der Waals surface area contributed by atoms with Gasteiger partial charge in [-0.3, -0.25) is 4.90 Å². The third-order valence-electron chi connectivity index (χ3n) is 4.97. The maximum absolute atomic E-state index is 10.6. The first kappa shape index (κ1) is 14.1. The van der Waals surface area contributed by atoms with E-state index >= 15 is 0 Å². The van der Waals surface area contributed by atoms with Crippen LogP contribution in [0.1, 0.15) is 25.0 Å². The monoisotopic (exact) mass is 274 g/mol. The van der Waals surface area contributed by atoms with Gasteiger partial charge < -0.3 is 10.0 Å². The smallest absolute Gasteiger partial charge is 0.0942 e. The molecule has 0 saturated carbocycles. The standard InChI is InChI=1S/C17H26N2O/c1-13(17(20)16-6-4-3-5-7-16)19-11-14-8-15(12-19)10-18(2)9-14/h3-7,13-15,17,20H,8-12H2,1-2H3/t13-,14-,15+,17-/m0/s1. The maximum Gasteiger partial charge on any atom is 0.0942 e. The van der Waals surface area contributed by atoms with Crippen molar-refractivity contribution in [2.24, 2.45) is 11.8 Å². The summed E-state index contributed by atoms with van der Waals surface area (Å²) in [6, 6.07) is 10.3. The fraction of sp³-hybridized carbons (Fsp3) is 0.647. The van der Waals surface area contributed by atoms with Crippen molar-refractivity contribution >= 4 is 0 Å². The molecule has 1 aromatic carbocycles. The Kier molecular flexibility index (Phi) is 4.11. The molecule has 0 aromatic heterocycles. The summed E-state index contributed by atoms with van der Waals surface area (Å²) in [7, 11) is 2.23. The van der Waals surface area contributed by atoms with Crippen LogP contribution in [0.2, 0.25) is 0 Å². The molecule has 1 N–H and O–H groups in total. The molecule has 2 heterocycles. The minimum Gasteiger partial charge on any atom is -0.387 e. The third-order valence-corrected chi connectivity index (χ3v) is 4.97. The van der Waals surface area contributed by atoms with Crippen LogP contribution in [0.3, 0.4) is 0 Å². The molecule has 3 heteroatoms. The van der Waals surface area contributed by atoms with Gasteiger partial charge in [0.25, 0.3) is 0 Å². The van der Waals surface area contributed by atoms with Crippen LogP contribution in [0.25, 0.3) is 0 Å². The van der Waals surface area contributed by atoms with Crippen LogP contribution >= 0.6 is 0 Å². The largest absolute Gasteiger partial charge is 0.387 e. The van der Waals surface area contributed by atoms with E-state index in [0.29, 0.717) is 0 Å². The summed E-state index contributed by atoms with van der Waals surface area (Å²) in [5, 5.41) is 10.6. The minimum atomic E-state index is -0.382. The number of aliphatic hydroxyl groups excluding tert-OH is 1. The second-order valence-electron chi connectivity index (χ2n) is 6.74. The van der Waals surface area contributed by atoms with Gasteiger partial charge in [0.15, 0.2) is 0 Å². The van der Waals surface area contributed by atoms with Crippen molar-refractivity contribution in [3.63, 3.8) is 0 Å². The lowest BCUT2D eigenvalue weighted by molar-refractivity contribution is -0.0159. The second kappa shape index (κ2) is 5.84. The first-order valence-electron chi connectivity index (χ1n) is 7.79. The zero-order chi connectivity index (χ0) is 14.1. The number of hydrogen-bond donors (Lipinski definition) is 1. The van der Waals surface area contributed by atoms with Gasteiger partial charge in [0.1, 0.15) is 0 Å². The van der Waals surface area contributed by atoms with Crippen LogP contribution in [-0.4, -0.2) is 54.2 Å². The summed E-state index contributed by atoms with van der Waals surface area (Å²) in [5.74, 6) is 1.55. The van der Waals surface area contributed by atoms with Crippen molar-refractivity contribution in [3.05, 3.63) is 35.9 Å². The molecule has 0 aliphatic carbocycles. The Morgan fingerprint density at radius 3 is 2.25 bits per heavy atom. The van der Waals surface area contributed by atoms with Crippen molar-refractivity contribution in [2.75, 3.05) is 33.2 Å². The Balaban J connectivity index is 1.67. The van der Waals surface area contributed by atoms with Crippen LogP contribution in [0.15, 0.2) is 30.3 Å². The molecule has 0 amide bonds. The van der Waals surface area contributed by atoms with Crippen LogP contribution < -0.4 is 0 Å². The van der Waals surface area contributed by atoms with E-state index in [9.17, 15) is 5.11 Å². The van der Waals surface area contributed by atoms with Gasteiger partial charge in [-0.15, -0.1) is 0 Å². The van der Waals surface area contributed by atoms with E-state index < -0.39 is 0 Å². The van der Waals surface area contributed by atoms with Crippen molar-refractivity contribution in [2.45, 2.75) is 25.5 Å². The SMILES string of the molecule is C[C@@H]([C@H](O)c1ccccc1)N1C[C@@H]2C[C@@H](CN(C)C2)C1. The predicted octanol–water partition coefficient (Wildman–Crippen LogP) is 1.99. The van der Waals surface area contributed by atoms with Crippen LogP contribution in [0.5, 0.6) is 0 Å². The summed E-state index contributed by atoms with van der Waals surface area (Å²) in [4.78, 5) is 4.97. The first-order valence-corrected chi connectivity index (χ1v) is 7.79. The van der Waals surface area contributed by atoms with E-state index in [1.54, 1.807) is 0 Å². The molecular formula is C17H26N2O. The van der Waals surface area contributed by atoms with E-state index in [2.05, 4.69) is 23.8 Å². The number of rotatable bonds is 3. The summed E-state index contributed by atoms with van der Waals surface area (Å²) < 4.78 is 0. The quantitative estimate of drug-likeness (QED) is 0.913. The van der Waals surface area contributed by atoms with E-state index in [1.165, 1.54) is 19.5 Å². The fourth-order valence-corrected chi connectivity index (χ4v) is 4.04. The van der Waals surface area contributed by atoms with Crippen LogP contribution in [0.4, 0.5) is 0 Å². The number of fused-ring (bicyclic) bond motifs is 2. The highest BCUT2D eigenvalue weighted by molar-refractivity contribution is 5.18. The average molecular weight is 274 g/mol. The van der Waals surface area contributed by atoms with Crippen molar-refractivity contribution < 1.29 is 5.11 Å². The summed E-state index contributed by atoms with van der Waals surface area (Å²) in [6.07, 6.45) is 0.988. The Labute approximate surface area is 122 Å². The highest BCUT2D eigenvalue weighted by atomic mass is 16.3. The highest BCUT2D eigenvalue weighted by Gasteiger charge is 2.36. The van der Waals surface area contributed by atoms with Gasteiger partial charge in [-0.05, 0) is 37.8 Å². The van der Waals surface area contributed by atoms with Gasteiger partial charge in [-0.2, -0.15) is 0 Å². The molecule has 1 aromatic rings. The van der Waals surface area contributed by atoms with E-state index in [0.717, 1.165) is 30.5 Å². The zero-order valence-electron chi connectivity index (χ0n) is 12.6. The molecule has 2 fully saturated rings. The summed E-state index contributed by atoms with van der Waals surface area (Å²) in [6.45, 7) is 6.85. The lowest BCUT2D eigenvalue weighted by Gasteiger charge is -2.47. The number of piperidine rings is 2. The molecule has 3 nitrogen and oxygen atoms in total. The molecule has 0 unspecified atom stereocenters. The second-order valence-corrected chi connectivity index (χ2v) is 6.74. The normalized spacial score (nSPS) is 30.9. The van der Waals surface area contributed by atoms with Gasteiger partial charge in [-0.25, -0.2) is 0 Å². The Morgan fingerprint density at radius 2 is 1.65 bits per heavy atom. The van der Waals surface area contributed by atoms with E-state index in [4.69, 9.17) is 0 Å². The van der Waals surface area contributed by atoms with Gasteiger partial charge in [-0.1, -0.05) is 30.3 Å². The molecule has 3 rings (SSSR count). The maximum atomic E-state index is 10.6.